The molecule has 0 spiro atoms. The number of nitrogen functional groups attached to an aromatic ring is 1. The number of aromatic nitrogens is 5. The third-order valence-corrected chi connectivity index (χ3v) is 5.06. The number of carbonyl (C=O) groups is 1. The van der Waals surface area contributed by atoms with Gasteiger partial charge in [-0.3, -0.25) is 4.79 Å². The Balaban J connectivity index is 1.73. The monoisotopic (exact) mass is 409 g/mol. The van der Waals surface area contributed by atoms with Crippen molar-refractivity contribution in [3.8, 4) is 5.95 Å². The minimum atomic E-state index is -0.550. The Morgan fingerprint density at radius 1 is 1.33 bits per heavy atom. The summed E-state index contributed by atoms with van der Waals surface area (Å²) in [5.41, 5.74) is 2.02. The van der Waals surface area contributed by atoms with E-state index < -0.39 is 11.1 Å². The number of hydrogen-bond acceptors (Lipinski definition) is 6. The SMILES string of the molecule is Cc1cc(C)n(-c2nnc(S[C@@H](C)C(=O)Nc3ccc(F)cc3Cl)n2N)n1. The number of aryl methyl sites for hydroxylation is 2. The summed E-state index contributed by atoms with van der Waals surface area (Å²) in [4.78, 5) is 12.4. The minimum Gasteiger partial charge on any atom is -0.334 e. The first-order chi connectivity index (χ1) is 12.8. The molecule has 0 unspecified atom stereocenters. The van der Waals surface area contributed by atoms with Gasteiger partial charge in [0.1, 0.15) is 5.82 Å². The minimum absolute atomic E-state index is 0.120. The summed E-state index contributed by atoms with van der Waals surface area (Å²) in [6, 6.07) is 5.64. The highest BCUT2D eigenvalue weighted by molar-refractivity contribution is 8.00. The number of nitrogens with one attached hydrogen (secondary N) is 1. The van der Waals surface area contributed by atoms with Gasteiger partial charge in [0, 0.05) is 5.69 Å². The van der Waals surface area contributed by atoms with Crippen LogP contribution in [0.15, 0.2) is 29.4 Å². The number of nitrogens with zero attached hydrogens (tertiary/aromatic N) is 5. The Morgan fingerprint density at radius 3 is 2.70 bits per heavy atom. The van der Waals surface area contributed by atoms with E-state index in [0.29, 0.717) is 16.8 Å². The molecule has 1 atom stereocenters. The Bertz CT molecular complexity index is 1000. The zero-order valence-electron chi connectivity index (χ0n) is 14.8. The summed E-state index contributed by atoms with van der Waals surface area (Å²) >= 11 is 7.06. The normalized spacial score (nSPS) is 12.2. The molecule has 8 nitrogen and oxygen atoms in total. The first-order valence-electron chi connectivity index (χ1n) is 7.93. The number of thioether (sulfide) groups is 1. The van der Waals surface area contributed by atoms with Gasteiger partial charge in [0.15, 0.2) is 0 Å². The Hall–Kier alpha value is -2.59. The van der Waals surface area contributed by atoms with E-state index in [1.54, 1.807) is 11.6 Å². The molecule has 2 aromatic heterocycles. The van der Waals surface area contributed by atoms with Crippen molar-refractivity contribution in [2.24, 2.45) is 0 Å². The van der Waals surface area contributed by atoms with E-state index >= 15 is 0 Å². The van der Waals surface area contributed by atoms with Gasteiger partial charge in [0.2, 0.25) is 11.1 Å². The lowest BCUT2D eigenvalue weighted by Gasteiger charge is -2.12. The maximum atomic E-state index is 13.1. The van der Waals surface area contributed by atoms with Crippen LogP contribution in [0.1, 0.15) is 18.3 Å². The van der Waals surface area contributed by atoms with Crippen LogP contribution in [-0.4, -0.2) is 35.8 Å². The number of halogens is 2. The van der Waals surface area contributed by atoms with E-state index in [-0.39, 0.29) is 10.9 Å². The van der Waals surface area contributed by atoms with Crippen LogP contribution in [0.4, 0.5) is 10.1 Å². The zero-order valence-corrected chi connectivity index (χ0v) is 16.3. The first kappa shape index (κ1) is 19.2. The molecule has 0 aliphatic carbocycles. The Labute approximate surface area is 163 Å². The quantitative estimate of drug-likeness (QED) is 0.496. The summed E-state index contributed by atoms with van der Waals surface area (Å²) in [6.45, 7) is 5.43. The summed E-state index contributed by atoms with van der Waals surface area (Å²) in [5.74, 6) is 5.61. The average Bonchev–Trinajstić information content (AvgIpc) is 3.12. The lowest BCUT2D eigenvalue weighted by atomic mass is 10.3. The molecule has 0 fully saturated rings. The molecule has 0 bridgehead atoms. The maximum absolute atomic E-state index is 13.1. The predicted molar refractivity (Wildman–Crippen MR) is 102 cm³/mol. The smallest absolute Gasteiger partial charge is 0.271 e. The van der Waals surface area contributed by atoms with E-state index in [1.165, 1.54) is 16.8 Å². The molecule has 1 aromatic carbocycles. The lowest BCUT2D eigenvalue weighted by molar-refractivity contribution is -0.115. The molecule has 3 aromatic rings. The van der Waals surface area contributed by atoms with Crippen LogP contribution < -0.4 is 11.2 Å². The van der Waals surface area contributed by atoms with Crippen molar-refractivity contribution in [3.05, 3.63) is 46.5 Å². The molecule has 0 aliphatic rings. The van der Waals surface area contributed by atoms with Crippen LogP contribution in [0.25, 0.3) is 5.95 Å². The van der Waals surface area contributed by atoms with Gasteiger partial charge in [-0.25, -0.2) is 13.7 Å². The molecule has 0 aliphatic heterocycles. The number of hydrogen-bond donors (Lipinski definition) is 2. The second-order valence-corrected chi connectivity index (χ2v) is 7.58. The van der Waals surface area contributed by atoms with E-state index in [2.05, 4.69) is 20.6 Å². The number of nitrogens with two attached hydrogens (primary N) is 1. The molecule has 3 N–H and O–H groups in total. The van der Waals surface area contributed by atoms with Crippen LogP contribution >= 0.6 is 23.4 Å². The highest BCUT2D eigenvalue weighted by Crippen LogP contribution is 2.26. The van der Waals surface area contributed by atoms with Crippen molar-refractivity contribution < 1.29 is 9.18 Å². The van der Waals surface area contributed by atoms with Crippen molar-refractivity contribution >= 4 is 35.0 Å². The molecule has 27 heavy (non-hydrogen) atoms. The highest BCUT2D eigenvalue weighted by atomic mass is 35.5. The van der Waals surface area contributed by atoms with Gasteiger partial charge in [-0.1, -0.05) is 23.4 Å². The highest BCUT2D eigenvalue weighted by Gasteiger charge is 2.21. The second-order valence-electron chi connectivity index (χ2n) is 5.86. The summed E-state index contributed by atoms with van der Waals surface area (Å²) in [7, 11) is 0. The van der Waals surface area contributed by atoms with Gasteiger partial charge >= 0.3 is 0 Å². The molecule has 0 saturated heterocycles. The summed E-state index contributed by atoms with van der Waals surface area (Å²) in [5, 5.41) is 15.0. The van der Waals surface area contributed by atoms with Crippen molar-refractivity contribution in [2.45, 2.75) is 31.2 Å². The molecular weight excluding hydrogens is 393 g/mol. The third kappa shape index (κ3) is 4.06. The van der Waals surface area contributed by atoms with Gasteiger partial charge in [0.25, 0.3) is 5.95 Å². The van der Waals surface area contributed by atoms with Gasteiger partial charge in [0.05, 0.1) is 21.7 Å². The standard InChI is InChI=1S/C16H17ClFN7OS/c1-8-6-9(2)25(23-8)15-21-22-16(24(15)19)27-10(3)14(26)20-13-5-4-11(18)7-12(13)17/h4-7,10H,19H2,1-3H3,(H,20,26)/t10-/m0/s1. The number of anilines is 1. The predicted octanol–water partition coefficient (Wildman–Crippen LogP) is 2.71. The second kappa shape index (κ2) is 7.57. The van der Waals surface area contributed by atoms with Crippen molar-refractivity contribution in [2.75, 3.05) is 11.2 Å². The molecule has 11 heteroatoms. The molecular formula is C16H17ClFN7OS. The number of carbonyl (C=O) groups excluding carboxylic acids is 1. The topological polar surface area (TPSA) is 104 Å². The van der Waals surface area contributed by atoms with E-state index in [1.807, 2.05) is 19.9 Å². The Morgan fingerprint density at radius 2 is 2.07 bits per heavy atom. The molecule has 0 radical (unpaired) electrons. The van der Waals surface area contributed by atoms with Gasteiger partial charge < -0.3 is 11.2 Å². The van der Waals surface area contributed by atoms with Gasteiger partial charge in [-0.05, 0) is 45.0 Å². The number of benzene rings is 1. The van der Waals surface area contributed by atoms with Gasteiger partial charge in [-0.2, -0.15) is 5.10 Å². The first-order valence-corrected chi connectivity index (χ1v) is 9.18. The fourth-order valence-electron chi connectivity index (χ4n) is 2.36. The number of rotatable bonds is 5. The molecule has 2 heterocycles. The van der Waals surface area contributed by atoms with E-state index in [0.717, 1.165) is 29.2 Å². The summed E-state index contributed by atoms with van der Waals surface area (Å²) in [6.07, 6.45) is 0. The Kier molecular flexibility index (Phi) is 5.38. The van der Waals surface area contributed by atoms with Crippen LogP contribution in [-0.2, 0) is 4.79 Å². The fourth-order valence-corrected chi connectivity index (χ4v) is 3.34. The van der Waals surface area contributed by atoms with Crippen LogP contribution in [0, 0.1) is 19.7 Å². The van der Waals surface area contributed by atoms with Crippen molar-refractivity contribution in [1.82, 2.24) is 24.7 Å². The maximum Gasteiger partial charge on any atom is 0.271 e. The average molecular weight is 410 g/mol. The van der Waals surface area contributed by atoms with Gasteiger partial charge in [-0.15, -0.1) is 10.2 Å². The van der Waals surface area contributed by atoms with E-state index in [9.17, 15) is 9.18 Å². The molecule has 142 valence electrons. The molecule has 3 rings (SSSR count). The van der Waals surface area contributed by atoms with Crippen LogP contribution in [0.2, 0.25) is 5.02 Å². The summed E-state index contributed by atoms with van der Waals surface area (Å²) < 4.78 is 16.0. The van der Waals surface area contributed by atoms with Crippen LogP contribution in [0.3, 0.4) is 0 Å². The third-order valence-electron chi connectivity index (χ3n) is 3.69. The van der Waals surface area contributed by atoms with E-state index in [4.69, 9.17) is 17.4 Å². The largest absolute Gasteiger partial charge is 0.334 e. The van der Waals surface area contributed by atoms with Crippen molar-refractivity contribution in [1.29, 1.82) is 0 Å². The molecule has 0 saturated carbocycles. The number of amides is 1. The molecule has 1 amide bonds. The van der Waals surface area contributed by atoms with Crippen LogP contribution in [0.5, 0.6) is 0 Å². The fraction of sp³-hybridized carbons (Fsp3) is 0.250. The zero-order chi connectivity index (χ0) is 19.7. The lowest BCUT2D eigenvalue weighted by Crippen LogP contribution is -2.24. The van der Waals surface area contributed by atoms with Crippen molar-refractivity contribution in [3.63, 3.8) is 0 Å².